The molecular weight excluding hydrogens is 457 g/mol. The molecule has 3 N–H and O–H groups in total. The summed E-state index contributed by atoms with van der Waals surface area (Å²) in [6, 6.07) is 20.1. The predicted molar refractivity (Wildman–Crippen MR) is 129 cm³/mol. The second kappa shape index (κ2) is 10.3. The summed E-state index contributed by atoms with van der Waals surface area (Å²) >= 11 is 1.15. The molecular formula is C24H22FN5O3S. The van der Waals surface area contributed by atoms with Gasteiger partial charge in [-0.15, -0.1) is 10.2 Å². The second-order valence-corrected chi connectivity index (χ2v) is 8.22. The highest BCUT2D eigenvalue weighted by Crippen LogP contribution is 2.37. The lowest BCUT2D eigenvalue weighted by molar-refractivity contribution is -0.115. The van der Waals surface area contributed by atoms with Crippen LogP contribution in [0.1, 0.15) is 10.8 Å². The molecule has 0 aliphatic rings. The summed E-state index contributed by atoms with van der Waals surface area (Å²) in [7, 11) is 3.10. The number of nitrogens with one attached hydrogen (secondary N) is 1. The molecule has 4 aromatic rings. The third-order valence-electron chi connectivity index (χ3n) is 4.98. The topological polar surface area (TPSA) is 104 Å². The van der Waals surface area contributed by atoms with Crippen molar-refractivity contribution in [2.75, 3.05) is 25.4 Å². The Morgan fingerprint density at radius 2 is 1.71 bits per heavy atom. The molecule has 0 saturated carbocycles. The number of thioether (sulfide) groups is 1. The van der Waals surface area contributed by atoms with Gasteiger partial charge in [0.05, 0.1) is 14.2 Å². The van der Waals surface area contributed by atoms with E-state index in [0.717, 1.165) is 17.3 Å². The van der Waals surface area contributed by atoms with Crippen LogP contribution in [0.3, 0.4) is 0 Å². The number of hydrogen-bond acceptors (Lipinski definition) is 7. The summed E-state index contributed by atoms with van der Waals surface area (Å²) in [6.45, 7) is 0. The number of methoxy groups -OCH3 is 2. The van der Waals surface area contributed by atoms with Crippen molar-refractivity contribution < 1.29 is 18.7 Å². The maximum Gasteiger partial charge on any atom is 0.242 e. The third-order valence-corrected chi connectivity index (χ3v) is 6.19. The van der Waals surface area contributed by atoms with E-state index >= 15 is 0 Å². The van der Waals surface area contributed by atoms with Gasteiger partial charge in [-0.05, 0) is 48.0 Å². The van der Waals surface area contributed by atoms with Gasteiger partial charge in [-0.25, -0.2) is 9.07 Å². The molecule has 0 fully saturated rings. The number of amides is 1. The van der Waals surface area contributed by atoms with E-state index in [9.17, 15) is 9.18 Å². The van der Waals surface area contributed by atoms with Crippen LogP contribution in [0, 0.1) is 5.82 Å². The Morgan fingerprint density at radius 3 is 2.38 bits per heavy atom. The zero-order chi connectivity index (χ0) is 24.1. The van der Waals surface area contributed by atoms with E-state index < -0.39 is 5.25 Å². The Morgan fingerprint density at radius 1 is 1.00 bits per heavy atom. The second-order valence-electron chi connectivity index (χ2n) is 7.15. The molecule has 1 atom stereocenters. The summed E-state index contributed by atoms with van der Waals surface area (Å²) in [4.78, 5) is 13.2. The van der Waals surface area contributed by atoms with Gasteiger partial charge in [0.25, 0.3) is 0 Å². The van der Waals surface area contributed by atoms with Crippen molar-refractivity contribution >= 4 is 23.4 Å². The first kappa shape index (κ1) is 23.1. The standard InChI is InChI=1S/C24H22FN5O3S/c1-32-19-13-8-16(14-20(19)33-2)22-28-29-24(30(22)26)34-21(15-6-4-3-5-7-15)23(31)27-18-11-9-17(25)10-12-18/h3-14,21H,26H2,1-2H3,(H,27,31)/t21-/m0/s1. The maximum atomic E-state index is 13.2. The lowest BCUT2D eigenvalue weighted by Gasteiger charge is -2.16. The van der Waals surface area contributed by atoms with Crippen LogP contribution in [0.2, 0.25) is 0 Å². The number of benzene rings is 3. The average molecular weight is 480 g/mol. The van der Waals surface area contributed by atoms with Crippen molar-refractivity contribution in [1.82, 2.24) is 14.9 Å². The fourth-order valence-corrected chi connectivity index (χ4v) is 4.23. The van der Waals surface area contributed by atoms with Crippen LogP contribution in [0.5, 0.6) is 11.5 Å². The molecule has 0 aliphatic heterocycles. The highest BCUT2D eigenvalue weighted by molar-refractivity contribution is 8.00. The molecule has 0 bridgehead atoms. The van der Waals surface area contributed by atoms with E-state index in [4.69, 9.17) is 15.3 Å². The first-order chi connectivity index (χ1) is 16.5. The molecule has 0 spiro atoms. The fraction of sp³-hybridized carbons (Fsp3) is 0.125. The molecule has 34 heavy (non-hydrogen) atoms. The number of nitrogen functional groups attached to an aromatic ring is 1. The molecule has 8 nitrogen and oxygen atoms in total. The van der Waals surface area contributed by atoms with Crippen LogP contribution >= 0.6 is 11.8 Å². The molecule has 0 unspecified atom stereocenters. The van der Waals surface area contributed by atoms with Gasteiger partial charge in [0, 0.05) is 11.3 Å². The zero-order valence-electron chi connectivity index (χ0n) is 18.4. The van der Waals surface area contributed by atoms with Gasteiger partial charge in [-0.1, -0.05) is 42.1 Å². The van der Waals surface area contributed by atoms with Gasteiger partial charge in [0.1, 0.15) is 11.1 Å². The van der Waals surface area contributed by atoms with Gasteiger partial charge in [0.2, 0.25) is 11.1 Å². The van der Waals surface area contributed by atoms with Crippen molar-refractivity contribution in [2.45, 2.75) is 10.4 Å². The number of nitrogens with zero attached hydrogens (tertiary/aromatic N) is 3. The molecule has 1 heterocycles. The smallest absolute Gasteiger partial charge is 0.242 e. The summed E-state index contributed by atoms with van der Waals surface area (Å²) in [5.74, 6) is 7.13. The Bertz CT molecular complexity index is 1280. The van der Waals surface area contributed by atoms with Crippen LogP contribution in [0.25, 0.3) is 11.4 Å². The highest BCUT2D eigenvalue weighted by atomic mass is 32.2. The van der Waals surface area contributed by atoms with E-state index in [-0.39, 0.29) is 11.7 Å². The van der Waals surface area contributed by atoms with E-state index in [0.29, 0.717) is 33.7 Å². The van der Waals surface area contributed by atoms with Crippen molar-refractivity contribution in [3.8, 4) is 22.9 Å². The molecule has 1 amide bonds. The van der Waals surface area contributed by atoms with Crippen molar-refractivity contribution in [1.29, 1.82) is 0 Å². The molecule has 1 aromatic heterocycles. The van der Waals surface area contributed by atoms with Crippen molar-refractivity contribution in [3.63, 3.8) is 0 Å². The Balaban J connectivity index is 1.63. The van der Waals surface area contributed by atoms with Gasteiger partial charge in [-0.2, -0.15) is 0 Å². The first-order valence-electron chi connectivity index (χ1n) is 10.2. The lowest BCUT2D eigenvalue weighted by Crippen LogP contribution is -2.20. The molecule has 10 heteroatoms. The minimum Gasteiger partial charge on any atom is -0.493 e. The number of halogens is 1. The zero-order valence-corrected chi connectivity index (χ0v) is 19.3. The number of hydrogen-bond donors (Lipinski definition) is 2. The van der Waals surface area contributed by atoms with Crippen LogP contribution in [-0.4, -0.2) is 35.0 Å². The fourth-order valence-electron chi connectivity index (χ4n) is 3.28. The number of ether oxygens (including phenoxy) is 2. The van der Waals surface area contributed by atoms with Gasteiger partial charge >= 0.3 is 0 Å². The number of carbonyl (C=O) groups excluding carboxylic acids is 1. The molecule has 0 aliphatic carbocycles. The minimum atomic E-state index is -0.684. The summed E-state index contributed by atoms with van der Waals surface area (Å²) < 4.78 is 25.2. The first-order valence-corrected chi connectivity index (χ1v) is 11.1. The maximum absolute atomic E-state index is 13.2. The van der Waals surface area contributed by atoms with Gasteiger partial charge < -0.3 is 20.6 Å². The van der Waals surface area contributed by atoms with E-state index in [1.165, 1.54) is 28.9 Å². The van der Waals surface area contributed by atoms with Gasteiger partial charge in [0.15, 0.2) is 17.3 Å². The number of anilines is 1. The van der Waals surface area contributed by atoms with Crippen LogP contribution in [0.15, 0.2) is 78.0 Å². The Hall–Kier alpha value is -4.05. The minimum absolute atomic E-state index is 0.307. The number of carbonyl (C=O) groups is 1. The number of nitrogens with two attached hydrogens (primary N) is 1. The Labute approximate surface area is 199 Å². The van der Waals surface area contributed by atoms with E-state index in [1.54, 1.807) is 32.4 Å². The van der Waals surface area contributed by atoms with Gasteiger partial charge in [-0.3, -0.25) is 4.79 Å². The molecule has 0 saturated heterocycles. The largest absolute Gasteiger partial charge is 0.493 e. The lowest BCUT2D eigenvalue weighted by atomic mass is 10.1. The molecule has 4 rings (SSSR count). The highest BCUT2D eigenvalue weighted by Gasteiger charge is 2.26. The van der Waals surface area contributed by atoms with E-state index in [2.05, 4.69) is 15.5 Å². The normalized spacial score (nSPS) is 11.6. The molecule has 3 aromatic carbocycles. The van der Waals surface area contributed by atoms with Crippen molar-refractivity contribution in [3.05, 3.63) is 84.2 Å². The third kappa shape index (κ3) is 4.96. The summed E-state index contributed by atoms with van der Waals surface area (Å²) in [5, 5.41) is 10.9. The Kier molecular flexibility index (Phi) is 6.98. The number of rotatable bonds is 8. The summed E-state index contributed by atoms with van der Waals surface area (Å²) in [5.41, 5.74) is 1.91. The van der Waals surface area contributed by atoms with Crippen LogP contribution < -0.4 is 20.6 Å². The SMILES string of the molecule is COc1ccc(-c2nnc(S[C@H](C(=O)Nc3ccc(F)cc3)c3ccccc3)n2N)cc1OC. The summed E-state index contributed by atoms with van der Waals surface area (Å²) in [6.07, 6.45) is 0. The van der Waals surface area contributed by atoms with Crippen molar-refractivity contribution in [2.24, 2.45) is 0 Å². The molecule has 0 radical (unpaired) electrons. The quantitative estimate of drug-likeness (QED) is 0.287. The average Bonchev–Trinajstić information content (AvgIpc) is 3.23. The van der Waals surface area contributed by atoms with Crippen LogP contribution in [0.4, 0.5) is 10.1 Å². The molecule has 174 valence electrons. The van der Waals surface area contributed by atoms with E-state index in [1.807, 2.05) is 30.3 Å². The predicted octanol–water partition coefficient (Wildman–Crippen LogP) is 4.29. The van der Waals surface area contributed by atoms with Crippen LogP contribution in [-0.2, 0) is 4.79 Å². The monoisotopic (exact) mass is 479 g/mol. The number of aromatic nitrogens is 3.